The normalized spacial score (nSPS) is 12.0. The molecule has 0 atom stereocenters. The van der Waals surface area contributed by atoms with Gasteiger partial charge in [-0.3, -0.25) is 0 Å². The molecule has 3 N–H and O–H groups in total. The van der Waals surface area contributed by atoms with Crippen molar-refractivity contribution in [3.05, 3.63) is 0 Å². The summed E-state index contributed by atoms with van der Waals surface area (Å²) < 4.78 is 17.4. The highest BCUT2D eigenvalue weighted by molar-refractivity contribution is 4.60. The highest BCUT2D eigenvalue weighted by Crippen LogP contribution is 2.24. The fourth-order valence-corrected chi connectivity index (χ4v) is 3.56. The SMILES string of the molecule is CCCNCCNCCNCCCCCCCCCCC(OCC)(OCC)OCC. The van der Waals surface area contributed by atoms with Crippen molar-refractivity contribution in [3.8, 4) is 0 Å². The molecule has 0 aromatic rings. The highest BCUT2D eigenvalue weighted by atomic mass is 16.9. The van der Waals surface area contributed by atoms with Crippen LogP contribution in [0.15, 0.2) is 0 Å². The number of ether oxygens (including phenoxy) is 3. The van der Waals surface area contributed by atoms with Crippen LogP contribution in [-0.2, 0) is 14.2 Å². The molecule has 0 aliphatic rings. The average molecular weight is 432 g/mol. The van der Waals surface area contributed by atoms with Crippen LogP contribution in [0.2, 0.25) is 0 Å². The van der Waals surface area contributed by atoms with Gasteiger partial charge in [-0.25, -0.2) is 0 Å². The number of nitrogens with one attached hydrogen (secondary N) is 3. The van der Waals surface area contributed by atoms with Gasteiger partial charge >= 0.3 is 0 Å². The standard InChI is InChI=1S/C24H53N3O3/c1-5-18-25-20-22-27-23-21-26-19-16-14-12-10-9-11-13-15-17-24(28-6-2,29-7-3)30-8-4/h25-27H,5-23H2,1-4H3. The summed E-state index contributed by atoms with van der Waals surface area (Å²) in [5.41, 5.74) is 0. The Balaban J connectivity index is 3.41. The Hall–Kier alpha value is -0.240. The fourth-order valence-electron chi connectivity index (χ4n) is 3.56. The van der Waals surface area contributed by atoms with Gasteiger partial charge in [0.2, 0.25) is 0 Å². The van der Waals surface area contributed by atoms with Crippen molar-refractivity contribution in [2.75, 3.05) is 59.1 Å². The zero-order valence-electron chi connectivity index (χ0n) is 20.7. The van der Waals surface area contributed by atoms with Gasteiger partial charge in [0.05, 0.1) is 0 Å². The second kappa shape index (κ2) is 23.4. The lowest BCUT2D eigenvalue weighted by molar-refractivity contribution is -0.380. The summed E-state index contributed by atoms with van der Waals surface area (Å²) in [6.45, 7) is 16.5. The molecule has 6 nitrogen and oxygen atoms in total. The largest absolute Gasteiger partial charge is 0.328 e. The topological polar surface area (TPSA) is 63.8 Å². The van der Waals surface area contributed by atoms with Gasteiger partial charge in [-0.05, 0) is 53.1 Å². The van der Waals surface area contributed by atoms with E-state index in [2.05, 4.69) is 22.9 Å². The van der Waals surface area contributed by atoms with Crippen LogP contribution in [-0.4, -0.2) is 65.1 Å². The molecule has 0 heterocycles. The van der Waals surface area contributed by atoms with E-state index in [4.69, 9.17) is 14.2 Å². The van der Waals surface area contributed by atoms with E-state index < -0.39 is 5.97 Å². The summed E-state index contributed by atoms with van der Waals surface area (Å²) in [7, 11) is 0. The average Bonchev–Trinajstić information content (AvgIpc) is 2.73. The smallest absolute Gasteiger partial charge is 0.282 e. The summed E-state index contributed by atoms with van der Waals surface area (Å²) in [5, 5.41) is 10.4. The van der Waals surface area contributed by atoms with Crippen molar-refractivity contribution >= 4 is 0 Å². The van der Waals surface area contributed by atoms with Crippen molar-refractivity contribution in [3.63, 3.8) is 0 Å². The van der Waals surface area contributed by atoms with Gasteiger partial charge in [0, 0.05) is 52.4 Å². The molecular formula is C24H53N3O3. The molecule has 0 spiro atoms. The van der Waals surface area contributed by atoms with E-state index in [0.29, 0.717) is 19.8 Å². The van der Waals surface area contributed by atoms with Crippen LogP contribution in [0.1, 0.15) is 91.9 Å². The van der Waals surface area contributed by atoms with Crippen molar-refractivity contribution in [1.82, 2.24) is 16.0 Å². The van der Waals surface area contributed by atoms with Gasteiger partial charge in [0.15, 0.2) is 0 Å². The second-order valence-electron chi connectivity index (χ2n) is 7.81. The molecule has 0 aliphatic heterocycles. The lowest BCUT2D eigenvalue weighted by atomic mass is 10.1. The fraction of sp³-hybridized carbons (Fsp3) is 1.00. The molecule has 30 heavy (non-hydrogen) atoms. The van der Waals surface area contributed by atoms with E-state index in [9.17, 15) is 0 Å². The molecule has 0 unspecified atom stereocenters. The van der Waals surface area contributed by atoms with Gasteiger partial charge < -0.3 is 30.2 Å². The van der Waals surface area contributed by atoms with Gasteiger partial charge in [0.25, 0.3) is 5.97 Å². The van der Waals surface area contributed by atoms with Crippen LogP contribution in [0.3, 0.4) is 0 Å². The lowest BCUT2D eigenvalue weighted by Crippen LogP contribution is -2.39. The van der Waals surface area contributed by atoms with E-state index in [-0.39, 0.29) is 0 Å². The predicted molar refractivity (Wildman–Crippen MR) is 128 cm³/mol. The molecule has 0 saturated carbocycles. The minimum atomic E-state index is -0.827. The molecule has 0 bridgehead atoms. The van der Waals surface area contributed by atoms with Crippen molar-refractivity contribution in [2.45, 2.75) is 97.9 Å². The van der Waals surface area contributed by atoms with Crippen LogP contribution >= 0.6 is 0 Å². The summed E-state index contributed by atoms with van der Waals surface area (Å²) in [6, 6.07) is 0. The van der Waals surface area contributed by atoms with Crippen molar-refractivity contribution in [1.29, 1.82) is 0 Å². The quantitative estimate of drug-likeness (QED) is 0.147. The maximum atomic E-state index is 5.79. The Morgan fingerprint density at radius 2 is 0.867 bits per heavy atom. The Bertz CT molecular complexity index is 316. The molecule has 0 saturated heterocycles. The van der Waals surface area contributed by atoms with E-state index in [1.54, 1.807) is 0 Å². The van der Waals surface area contributed by atoms with E-state index in [0.717, 1.165) is 52.1 Å². The van der Waals surface area contributed by atoms with Crippen molar-refractivity contribution < 1.29 is 14.2 Å². The molecule has 182 valence electrons. The molecule has 0 rings (SSSR count). The Morgan fingerprint density at radius 3 is 1.33 bits per heavy atom. The zero-order chi connectivity index (χ0) is 22.2. The molecule has 6 heteroatoms. The van der Waals surface area contributed by atoms with Crippen LogP contribution in [0.25, 0.3) is 0 Å². The number of hydrogen-bond donors (Lipinski definition) is 3. The Labute approximate surface area is 187 Å². The van der Waals surface area contributed by atoms with Crippen molar-refractivity contribution in [2.24, 2.45) is 0 Å². The first-order valence-electron chi connectivity index (χ1n) is 12.8. The molecule has 0 radical (unpaired) electrons. The molecule has 0 fully saturated rings. The molecule has 0 aromatic carbocycles. The minimum Gasteiger partial charge on any atom is -0.328 e. The third-order valence-corrected chi connectivity index (χ3v) is 5.06. The molecular weight excluding hydrogens is 378 g/mol. The predicted octanol–water partition coefficient (Wildman–Crippen LogP) is 4.44. The van der Waals surface area contributed by atoms with Gasteiger partial charge in [0.1, 0.15) is 0 Å². The Morgan fingerprint density at radius 1 is 0.467 bits per heavy atom. The van der Waals surface area contributed by atoms with E-state index >= 15 is 0 Å². The first-order chi connectivity index (χ1) is 14.7. The number of unbranched alkanes of at least 4 members (excludes halogenated alkanes) is 7. The van der Waals surface area contributed by atoms with Crippen LogP contribution in [0, 0.1) is 0 Å². The van der Waals surface area contributed by atoms with Gasteiger partial charge in [-0.1, -0.05) is 45.4 Å². The van der Waals surface area contributed by atoms with Gasteiger partial charge in [-0.15, -0.1) is 0 Å². The minimum absolute atomic E-state index is 0.613. The number of hydrogen-bond acceptors (Lipinski definition) is 6. The first-order valence-corrected chi connectivity index (χ1v) is 12.8. The summed E-state index contributed by atoms with van der Waals surface area (Å²) in [5.74, 6) is -0.827. The molecule has 0 amide bonds. The maximum Gasteiger partial charge on any atom is 0.282 e. The molecule has 0 aromatic heterocycles. The Kier molecular flexibility index (Phi) is 23.2. The van der Waals surface area contributed by atoms with Crippen LogP contribution in [0.5, 0.6) is 0 Å². The maximum absolute atomic E-state index is 5.79. The zero-order valence-corrected chi connectivity index (χ0v) is 20.7. The molecule has 0 aliphatic carbocycles. The third-order valence-electron chi connectivity index (χ3n) is 5.06. The summed E-state index contributed by atoms with van der Waals surface area (Å²) in [6.07, 6.45) is 12.3. The first kappa shape index (κ1) is 29.8. The van der Waals surface area contributed by atoms with E-state index in [1.165, 1.54) is 51.4 Å². The van der Waals surface area contributed by atoms with E-state index in [1.807, 2.05) is 20.8 Å². The monoisotopic (exact) mass is 431 g/mol. The third kappa shape index (κ3) is 18.5. The summed E-state index contributed by atoms with van der Waals surface area (Å²) >= 11 is 0. The van der Waals surface area contributed by atoms with Crippen LogP contribution in [0.4, 0.5) is 0 Å². The van der Waals surface area contributed by atoms with Gasteiger partial charge in [-0.2, -0.15) is 0 Å². The lowest BCUT2D eigenvalue weighted by Gasteiger charge is -2.32. The number of rotatable bonds is 25. The highest BCUT2D eigenvalue weighted by Gasteiger charge is 2.31. The second-order valence-corrected chi connectivity index (χ2v) is 7.81. The summed E-state index contributed by atoms with van der Waals surface area (Å²) in [4.78, 5) is 0. The van der Waals surface area contributed by atoms with Crippen LogP contribution < -0.4 is 16.0 Å².